The Kier molecular flexibility index (Phi) is 4.28. The Morgan fingerprint density at radius 3 is 2.67 bits per heavy atom. The van der Waals surface area contributed by atoms with Crippen molar-refractivity contribution in [3.8, 4) is 6.07 Å². The summed E-state index contributed by atoms with van der Waals surface area (Å²) >= 11 is 3.09. The molecule has 1 rings (SSSR count). The van der Waals surface area contributed by atoms with E-state index < -0.39 is 12.2 Å². The molecule has 3 nitrogen and oxygen atoms in total. The van der Waals surface area contributed by atoms with Crippen molar-refractivity contribution >= 4 is 15.9 Å². The molecule has 0 amide bonds. The monoisotopic (exact) mass is 269 g/mol. The Hall–Kier alpha value is -0.890. The number of rotatable bonds is 3. The van der Waals surface area contributed by atoms with Crippen LogP contribution in [-0.2, 0) is 0 Å². The van der Waals surface area contributed by atoms with E-state index in [9.17, 15) is 10.2 Å². The molecule has 2 atom stereocenters. The zero-order valence-corrected chi connectivity index (χ0v) is 9.90. The van der Waals surface area contributed by atoms with Gasteiger partial charge in [0.15, 0.2) is 0 Å². The molecule has 0 saturated heterocycles. The van der Waals surface area contributed by atoms with Gasteiger partial charge in [-0.15, -0.1) is 0 Å². The molecule has 1 aromatic carbocycles. The summed E-state index contributed by atoms with van der Waals surface area (Å²) < 4.78 is 0. The van der Waals surface area contributed by atoms with Crippen LogP contribution in [0.15, 0.2) is 18.2 Å². The summed E-state index contributed by atoms with van der Waals surface area (Å²) in [5.41, 5.74) is 1.72. The van der Waals surface area contributed by atoms with Gasteiger partial charge < -0.3 is 10.2 Å². The quantitative estimate of drug-likeness (QED) is 0.821. The molecular weight excluding hydrogens is 258 g/mol. The van der Waals surface area contributed by atoms with Crippen LogP contribution in [0.3, 0.4) is 0 Å². The lowest BCUT2D eigenvalue weighted by Gasteiger charge is -2.19. The third-order valence-electron chi connectivity index (χ3n) is 2.26. The van der Waals surface area contributed by atoms with Gasteiger partial charge in [-0.1, -0.05) is 28.1 Å². The van der Waals surface area contributed by atoms with Crippen LogP contribution in [0.5, 0.6) is 0 Å². The molecule has 0 aliphatic carbocycles. The van der Waals surface area contributed by atoms with E-state index in [1.54, 1.807) is 25.1 Å². The number of nitrogens with zero attached hydrogens (tertiary/aromatic N) is 1. The molecule has 0 saturated carbocycles. The van der Waals surface area contributed by atoms with Crippen molar-refractivity contribution in [2.45, 2.75) is 19.1 Å². The molecule has 0 spiro atoms. The molecule has 1 aromatic rings. The zero-order chi connectivity index (χ0) is 11.4. The highest BCUT2D eigenvalue weighted by Crippen LogP contribution is 2.25. The van der Waals surface area contributed by atoms with Crippen molar-refractivity contribution in [3.05, 3.63) is 34.9 Å². The van der Waals surface area contributed by atoms with Crippen molar-refractivity contribution in [3.63, 3.8) is 0 Å². The normalized spacial score (nSPS) is 14.3. The summed E-state index contributed by atoms with van der Waals surface area (Å²) in [4.78, 5) is 0. The summed E-state index contributed by atoms with van der Waals surface area (Å²) in [6.07, 6.45) is -1.93. The van der Waals surface area contributed by atoms with Crippen LogP contribution in [0.2, 0.25) is 0 Å². The maximum Gasteiger partial charge on any atom is 0.107 e. The predicted octanol–water partition coefficient (Wildman–Crippen LogP) is 1.66. The lowest BCUT2D eigenvalue weighted by molar-refractivity contribution is 0.0337. The first-order chi connectivity index (χ1) is 7.11. The number of hydrogen-bond donors (Lipinski definition) is 2. The van der Waals surface area contributed by atoms with Gasteiger partial charge in [-0.2, -0.15) is 5.26 Å². The van der Waals surface area contributed by atoms with Gasteiger partial charge >= 0.3 is 0 Å². The molecule has 0 radical (unpaired) electrons. The maximum atomic E-state index is 9.85. The van der Waals surface area contributed by atoms with Gasteiger partial charge in [-0.25, -0.2) is 0 Å². The average molecular weight is 270 g/mol. The number of nitriles is 1. The van der Waals surface area contributed by atoms with Gasteiger partial charge in [0, 0.05) is 10.9 Å². The lowest BCUT2D eigenvalue weighted by Crippen LogP contribution is -2.21. The fraction of sp³-hybridized carbons (Fsp3) is 0.364. The van der Waals surface area contributed by atoms with E-state index in [-0.39, 0.29) is 5.33 Å². The highest BCUT2D eigenvalue weighted by Gasteiger charge is 2.21. The Morgan fingerprint density at radius 1 is 1.47 bits per heavy atom. The van der Waals surface area contributed by atoms with Crippen LogP contribution >= 0.6 is 15.9 Å². The average Bonchev–Trinajstić information content (AvgIpc) is 2.26. The number of aryl methyl sites for hydroxylation is 1. The van der Waals surface area contributed by atoms with Gasteiger partial charge in [0.2, 0.25) is 0 Å². The van der Waals surface area contributed by atoms with Crippen molar-refractivity contribution in [1.29, 1.82) is 5.26 Å². The van der Waals surface area contributed by atoms with Crippen molar-refractivity contribution in [1.82, 2.24) is 0 Å². The number of alkyl halides is 1. The molecule has 0 aliphatic rings. The molecule has 2 unspecified atom stereocenters. The van der Waals surface area contributed by atoms with Gasteiger partial charge in [0.25, 0.3) is 0 Å². The van der Waals surface area contributed by atoms with Crippen LogP contribution in [0, 0.1) is 18.3 Å². The van der Waals surface area contributed by atoms with Crippen molar-refractivity contribution < 1.29 is 10.2 Å². The second kappa shape index (κ2) is 5.26. The number of halogens is 1. The summed E-state index contributed by atoms with van der Waals surface area (Å²) in [5, 5.41) is 28.5. The van der Waals surface area contributed by atoms with Gasteiger partial charge in [0.1, 0.15) is 6.10 Å². The molecule has 80 valence electrons. The largest absolute Gasteiger partial charge is 0.389 e. The Labute approximate surface area is 97.1 Å². The lowest BCUT2D eigenvalue weighted by atomic mass is 9.95. The Bertz CT molecular complexity index is 387. The molecular formula is C11H12BrNO2. The molecule has 0 aromatic heterocycles. The summed E-state index contributed by atoms with van der Waals surface area (Å²) in [5.74, 6) is 0. The molecule has 0 fully saturated rings. The van der Waals surface area contributed by atoms with Gasteiger partial charge in [0.05, 0.1) is 17.7 Å². The highest BCUT2D eigenvalue weighted by molar-refractivity contribution is 9.09. The van der Waals surface area contributed by atoms with E-state index in [0.29, 0.717) is 11.1 Å². The van der Waals surface area contributed by atoms with Crippen LogP contribution in [0.1, 0.15) is 22.8 Å². The van der Waals surface area contributed by atoms with Gasteiger partial charge in [-0.3, -0.25) is 0 Å². The van der Waals surface area contributed by atoms with Crippen LogP contribution in [0.4, 0.5) is 0 Å². The topological polar surface area (TPSA) is 64.2 Å². The zero-order valence-electron chi connectivity index (χ0n) is 8.31. The SMILES string of the molecule is Cc1cccc(C#N)c1C(O)C(O)CBr. The van der Waals surface area contributed by atoms with Crippen molar-refractivity contribution in [2.75, 3.05) is 5.33 Å². The van der Waals surface area contributed by atoms with E-state index in [1.807, 2.05) is 6.07 Å². The number of aliphatic hydroxyl groups is 2. The number of hydrogen-bond acceptors (Lipinski definition) is 3. The smallest absolute Gasteiger partial charge is 0.107 e. The predicted molar refractivity (Wildman–Crippen MR) is 60.7 cm³/mol. The third-order valence-corrected chi connectivity index (χ3v) is 2.93. The standard InChI is InChI=1S/C11H12BrNO2/c1-7-3-2-4-8(6-13)10(7)11(15)9(14)5-12/h2-4,9,11,14-15H,5H2,1H3. The first kappa shape index (κ1) is 12.2. The number of aliphatic hydroxyl groups excluding tert-OH is 2. The van der Waals surface area contributed by atoms with Crippen molar-refractivity contribution in [2.24, 2.45) is 0 Å². The van der Waals surface area contributed by atoms with E-state index in [4.69, 9.17) is 5.26 Å². The van der Waals surface area contributed by atoms with Gasteiger partial charge in [-0.05, 0) is 18.6 Å². The van der Waals surface area contributed by atoms with E-state index >= 15 is 0 Å². The molecule has 0 aliphatic heterocycles. The molecule has 15 heavy (non-hydrogen) atoms. The molecule has 0 heterocycles. The van der Waals surface area contributed by atoms with Crippen LogP contribution in [0.25, 0.3) is 0 Å². The minimum absolute atomic E-state index is 0.271. The molecule has 4 heteroatoms. The van der Waals surface area contributed by atoms with E-state index in [2.05, 4.69) is 15.9 Å². The highest BCUT2D eigenvalue weighted by atomic mass is 79.9. The Morgan fingerprint density at radius 2 is 2.13 bits per heavy atom. The second-order valence-electron chi connectivity index (χ2n) is 3.31. The summed E-state index contributed by atoms with van der Waals surface area (Å²) in [6.45, 7) is 1.81. The molecule has 2 N–H and O–H groups in total. The third kappa shape index (κ3) is 2.57. The summed E-state index contributed by atoms with van der Waals surface area (Å²) in [7, 11) is 0. The Balaban J connectivity index is 3.18. The second-order valence-corrected chi connectivity index (χ2v) is 3.96. The first-order valence-electron chi connectivity index (χ1n) is 4.53. The van der Waals surface area contributed by atoms with E-state index in [1.165, 1.54) is 0 Å². The number of benzene rings is 1. The summed E-state index contributed by atoms with van der Waals surface area (Å²) in [6, 6.07) is 7.20. The minimum atomic E-state index is -1.03. The molecule has 0 bridgehead atoms. The van der Waals surface area contributed by atoms with Crippen LogP contribution in [-0.4, -0.2) is 21.6 Å². The van der Waals surface area contributed by atoms with E-state index in [0.717, 1.165) is 5.56 Å². The maximum absolute atomic E-state index is 9.85. The fourth-order valence-corrected chi connectivity index (χ4v) is 1.80. The fourth-order valence-electron chi connectivity index (χ4n) is 1.45. The minimum Gasteiger partial charge on any atom is -0.389 e. The first-order valence-corrected chi connectivity index (χ1v) is 5.65. The van der Waals surface area contributed by atoms with Crippen LogP contribution < -0.4 is 0 Å².